The number of fused-ring (bicyclic) bond motifs is 1. The zero-order valence-corrected chi connectivity index (χ0v) is 14.2. The van der Waals surface area contributed by atoms with Crippen molar-refractivity contribution in [2.45, 2.75) is 50.3 Å². The third-order valence-corrected chi connectivity index (χ3v) is 5.51. The van der Waals surface area contributed by atoms with Gasteiger partial charge in [-0.25, -0.2) is 9.97 Å². The summed E-state index contributed by atoms with van der Waals surface area (Å²) in [6.45, 7) is 1.85. The Labute approximate surface area is 147 Å². The van der Waals surface area contributed by atoms with Gasteiger partial charge in [0.05, 0.1) is 23.3 Å². The van der Waals surface area contributed by atoms with E-state index in [2.05, 4.69) is 26.3 Å². The highest BCUT2D eigenvalue weighted by Gasteiger charge is 2.30. The van der Waals surface area contributed by atoms with Crippen LogP contribution in [0.25, 0.3) is 10.9 Å². The average Bonchev–Trinajstić information content (AvgIpc) is 3.09. The molecule has 4 rings (SSSR count). The summed E-state index contributed by atoms with van der Waals surface area (Å²) in [7, 11) is 0. The van der Waals surface area contributed by atoms with Gasteiger partial charge in [0.15, 0.2) is 0 Å². The van der Waals surface area contributed by atoms with Crippen LogP contribution < -0.4 is 5.32 Å². The zero-order chi connectivity index (χ0) is 17.2. The van der Waals surface area contributed by atoms with Gasteiger partial charge in [0.25, 0.3) is 0 Å². The van der Waals surface area contributed by atoms with E-state index in [1.165, 1.54) is 0 Å². The molecule has 6 heteroatoms. The first kappa shape index (κ1) is 16.2. The molecule has 0 spiro atoms. The second-order valence-corrected chi connectivity index (χ2v) is 7.15. The minimum absolute atomic E-state index is 0.141. The smallest absolute Gasteiger partial charge is 0.137 e. The number of β-amino-alcohol motifs (C(OH)–C–C–N with tert-alkyl or cyclic N) is 1. The van der Waals surface area contributed by atoms with Gasteiger partial charge in [0.2, 0.25) is 0 Å². The fourth-order valence-corrected chi connectivity index (χ4v) is 4.12. The van der Waals surface area contributed by atoms with Crippen molar-refractivity contribution < 1.29 is 5.11 Å². The second kappa shape index (κ2) is 6.95. The van der Waals surface area contributed by atoms with E-state index < -0.39 is 0 Å². The van der Waals surface area contributed by atoms with Crippen LogP contribution in [0.1, 0.15) is 37.7 Å². The van der Waals surface area contributed by atoms with Crippen molar-refractivity contribution in [3.63, 3.8) is 0 Å². The third-order valence-electron chi connectivity index (χ3n) is 5.51. The van der Waals surface area contributed by atoms with Crippen LogP contribution in [0.15, 0.2) is 24.5 Å². The maximum absolute atomic E-state index is 9.73. The van der Waals surface area contributed by atoms with Crippen LogP contribution in [-0.4, -0.2) is 51.3 Å². The summed E-state index contributed by atoms with van der Waals surface area (Å²) in [5, 5.41) is 23.3. The largest absolute Gasteiger partial charge is 0.392 e. The minimum atomic E-state index is -0.141. The molecule has 1 aliphatic carbocycles. The Morgan fingerprint density at radius 1 is 1.16 bits per heavy atom. The third kappa shape index (κ3) is 3.44. The van der Waals surface area contributed by atoms with Gasteiger partial charge in [0.1, 0.15) is 12.1 Å². The van der Waals surface area contributed by atoms with Crippen molar-refractivity contribution in [3.05, 3.63) is 30.1 Å². The van der Waals surface area contributed by atoms with Crippen molar-refractivity contribution in [2.24, 2.45) is 0 Å². The molecule has 0 radical (unpaired) electrons. The molecular weight excluding hydrogens is 314 g/mol. The van der Waals surface area contributed by atoms with Crippen molar-refractivity contribution in [1.29, 1.82) is 5.26 Å². The van der Waals surface area contributed by atoms with E-state index in [9.17, 15) is 5.11 Å². The molecule has 25 heavy (non-hydrogen) atoms. The molecular formula is C19H23N5O. The van der Waals surface area contributed by atoms with Crippen LogP contribution in [0, 0.1) is 11.3 Å². The van der Waals surface area contributed by atoms with Crippen LogP contribution in [0.4, 0.5) is 5.82 Å². The van der Waals surface area contributed by atoms with E-state index in [4.69, 9.17) is 5.26 Å². The highest BCUT2D eigenvalue weighted by molar-refractivity contribution is 5.89. The molecule has 0 amide bonds. The maximum Gasteiger partial charge on any atom is 0.137 e. The molecule has 2 aromatic rings. The summed E-state index contributed by atoms with van der Waals surface area (Å²) in [5.41, 5.74) is 1.48. The molecule has 1 aromatic heterocycles. The van der Waals surface area contributed by atoms with Crippen LogP contribution in [0.3, 0.4) is 0 Å². The molecule has 1 atom stereocenters. The first-order valence-electron chi connectivity index (χ1n) is 9.06. The first-order chi connectivity index (χ1) is 12.2. The molecule has 0 bridgehead atoms. The molecule has 1 aromatic carbocycles. The van der Waals surface area contributed by atoms with Gasteiger partial charge in [-0.2, -0.15) is 5.26 Å². The summed E-state index contributed by atoms with van der Waals surface area (Å²) in [4.78, 5) is 11.1. The molecule has 130 valence electrons. The number of aliphatic hydroxyl groups excluding tert-OH is 1. The number of hydrogen-bond acceptors (Lipinski definition) is 6. The summed E-state index contributed by atoms with van der Waals surface area (Å²) in [6, 6.07) is 8.69. The van der Waals surface area contributed by atoms with Gasteiger partial charge in [-0.3, -0.25) is 4.90 Å². The lowest BCUT2D eigenvalue weighted by Gasteiger charge is -2.35. The lowest BCUT2D eigenvalue weighted by Crippen LogP contribution is -2.39. The van der Waals surface area contributed by atoms with E-state index in [1.807, 2.05) is 12.1 Å². The Morgan fingerprint density at radius 3 is 2.72 bits per heavy atom. The number of likely N-dealkylation sites (tertiary alicyclic amines) is 1. The van der Waals surface area contributed by atoms with E-state index >= 15 is 0 Å². The van der Waals surface area contributed by atoms with Crippen molar-refractivity contribution in [3.8, 4) is 6.07 Å². The number of nitrogens with zero attached hydrogens (tertiary/aromatic N) is 4. The van der Waals surface area contributed by atoms with Crippen LogP contribution in [0.2, 0.25) is 0 Å². The molecule has 2 fully saturated rings. The monoisotopic (exact) mass is 337 g/mol. The Balaban J connectivity index is 1.43. The minimum Gasteiger partial charge on any atom is -0.392 e. The van der Waals surface area contributed by atoms with Gasteiger partial charge in [0, 0.05) is 30.6 Å². The molecule has 2 N–H and O–H groups in total. The topological polar surface area (TPSA) is 85.1 Å². The second-order valence-electron chi connectivity index (χ2n) is 7.15. The molecule has 0 unspecified atom stereocenters. The maximum atomic E-state index is 9.73. The van der Waals surface area contributed by atoms with Gasteiger partial charge < -0.3 is 10.4 Å². The molecule has 1 saturated carbocycles. The highest BCUT2D eigenvalue weighted by Crippen LogP contribution is 2.29. The van der Waals surface area contributed by atoms with E-state index in [1.54, 1.807) is 12.4 Å². The van der Waals surface area contributed by atoms with Crippen LogP contribution >= 0.6 is 0 Å². The highest BCUT2D eigenvalue weighted by atomic mass is 16.3. The summed E-state index contributed by atoms with van der Waals surface area (Å²) in [5.74, 6) is 0.821. The fourth-order valence-electron chi connectivity index (χ4n) is 4.12. The fraction of sp³-hybridized carbons (Fsp3) is 0.526. The van der Waals surface area contributed by atoms with Crippen LogP contribution in [0.5, 0.6) is 0 Å². The molecule has 1 aliphatic heterocycles. The first-order valence-corrected chi connectivity index (χ1v) is 9.06. The van der Waals surface area contributed by atoms with E-state index in [0.29, 0.717) is 17.6 Å². The van der Waals surface area contributed by atoms with Crippen molar-refractivity contribution >= 4 is 16.7 Å². The number of nitrogens with one attached hydrogen (secondary N) is 1. The Hall–Kier alpha value is -2.23. The lowest BCUT2D eigenvalue weighted by molar-refractivity contribution is 0.140. The van der Waals surface area contributed by atoms with Gasteiger partial charge >= 0.3 is 0 Å². The molecule has 6 nitrogen and oxygen atoms in total. The Kier molecular flexibility index (Phi) is 4.51. The van der Waals surface area contributed by atoms with Crippen molar-refractivity contribution in [2.75, 3.05) is 18.4 Å². The number of hydrogen-bond donors (Lipinski definition) is 2. The van der Waals surface area contributed by atoms with Gasteiger partial charge in [-0.1, -0.05) is 0 Å². The quantitative estimate of drug-likeness (QED) is 0.894. The summed E-state index contributed by atoms with van der Waals surface area (Å²) in [6.07, 6.45) is 6.84. The van der Waals surface area contributed by atoms with Crippen LogP contribution in [-0.2, 0) is 0 Å². The number of aliphatic hydroxyl groups is 1. The predicted molar refractivity (Wildman–Crippen MR) is 96.1 cm³/mol. The average molecular weight is 337 g/mol. The predicted octanol–water partition coefficient (Wildman–Crippen LogP) is 2.29. The van der Waals surface area contributed by atoms with E-state index in [-0.39, 0.29) is 6.10 Å². The zero-order valence-electron chi connectivity index (χ0n) is 14.2. The molecule has 1 saturated heterocycles. The summed E-state index contributed by atoms with van der Waals surface area (Å²) >= 11 is 0. The van der Waals surface area contributed by atoms with Crippen molar-refractivity contribution in [1.82, 2.24) is 14.9 Å². The Morgan fingerprint density at radius 2 is 2.00 bits per heavy atom. The number of benzene rings is 1. The van der Waals surface area contributed by atoms with Gasteiger partial charge in [-0.15, -0.1) is 0 Å². The lowest BCUT2D eigenvalue weighted by atomic mass is 9.90. The standard InChI is InChI=1S/C19H23N5O/c20-10-13-1-6-18-17(9-13)19(22-12-21-18)23-14-2-4-15(5-3-14)24-8-7-16(25)11-24/h1,6,9,12,14-16,25H,2-5,7-8,11H2,(H,21,22,23)/t14?,15?,16-/m0/s1. The Bertz CT molecular complexity index is 794. The number of nitriles is 1. The normalized spacial score (nSPS) is 27.3. The summed E-state index contributed by atoms with van der Waals surface area (Å²) < 4.78 is 0. The molecule has 2 aliphatic rings. The number of anilines is 1. The number of rotatable bonds is 3. The SMILES string of the molecule is N#Cc1ccc2ncnc(NC3CCC(N4CC[C@H](O)C4)CC3)c2c1. The molecule has 2 heterocycles. The number of aromatic nitrogens is 2. The van der Waals surface area contributed by atoms with Gasteiger partial charge in [-0.05, 0) is 50.3 Å². The van der Waals surface area contributed by atoms with E-state index in [0.717, 1.165) is 61.9 Å².